The maximum atomic E-state index is 5.17. The van der Waals surface area contributed by atoms with Crippen molar-refractivity contribution < 1.29 is 0 Å². The van der Waals surface area contributed by atoms with Gasteiger partial charge in [0.1, 0.15) is 5.01 Å². The van der Waals surface area contributed by atoms with Crippen LogP contribution in [0.3, 0.4) is 0 Å². The van der Waals surface area contributed by atoms with Crippen LogP contribution in [0.1, 0.15) is 59.3 Å². The minimum absolute atomic E-state index is 0.302. The average molecular weight is 769 g/mol. The zero-order valence-electron chi connectivity index (χ0n) is 31.9. The average Bonchev–Trinajstić information content (AvgIpc) is 3.78. The summed E-state index contributed by atoms with van der Waals surface area (Å²) >= 11 is 3.44. The highest BCUT2D eigenvalue weighted by atomic mass is 32.1. The first kappa shape index (κ1) is 35.3. The van der Waals surface area contributed by atoms with Gasteiger partial charge in [0.15, 0.2) is 0 Å². The van der Waals surface area contributed by atoms with Gasteiger partial charge in [0.05, 0.1) is 31.6 Å². The van der Waals surface area contributed by atoms with Crippen molar-refractivity contribution in [1.82, 2.24) is 29.7 Å². The molecule has 0 spiro atoms. The summed E-state index contributed by atoms with van der Waals surface area (Å²) in [4.78, 5) is 24.0. The Morgan fingerprint density at radius 2 is 1.09 bits per heavy atom. The van der Waals surface area contributed by atoms with E-state index in [2.05, 4.69) is 131 Å². The molecule has 4 aromatic heterocycles. The molecule has 0 aliphatic carbocycles. The Morgan fingerprint density at radius 3 is 1.77 bits per heavy atom. The van der Waals surface area contributed by atoms with Crippen molar-refractivity contribution in [2.45, 2.75) is 51.6 Å². The van der Waals surface area contributed by atoms with Crippen molar-refractivity contribution in [1.29, 1.82) is 0 Å². The first-order valence-corrected chi connectivity index (χ1v) is 21.5. The molecule has 278 valence electrons. The van der Waals surface area contributed by atoms with Crippen LogP contribution in [0, 0.1) is 0 Å². The van der Waals surface area contributed by atoms with Crippen molar-refractivity contribution in [2.24, 2.45) is 0 Å². The lowest BCUT2D eigenvalue weighted by atomic mass is 9.97. The highest BCUT2D eigenvalue weighted by Gasteiger charge is 2.23. The van der Waals surface area contributed by atoms with E-state index in [1.165, 1.54) is 65.0 Å². The number of benzene rings is 4. The fourth-order valence-electron chi connectivity index (χ4n) is 8.76. The predicted molar refractivity (Wildman–Crippen MR) is 232 cm³/mol. The summed E-state index contributed by atoms with van der Waals surface area (Å²) in [6.45, 7) is 8.87. The molecule has 4 aromatic carbocycles. The van der Waals surface area contributed by atoms with E-state index in [1.54, 1.807) is 22.7 Å². The van der Waals surface area contributed by atoms with Gasteiger partial charge in [-0.05, 0) is 144 Å². The van der Waals surface area contributed by atoms with Gasteiger partial charge in [-0.25, -0.2) is 9.97 Å². The molecule has 56 heavy (non-hydrogen) atoms. The molecule has 0 amide bonds. The van der Waals surface area contributed by atoms with E-state index in [1.807, 2.05) is 24.1 Å². The van der Waals surface area contributed by atoms with Gasteiger partial charge in [0, 0.05) is 56.9 Å². The Bertz CT molecular complexity index is 2680. The smallest absolute Gasteiger partial charge is 0.143 e. The fraction of sp³-hybridized carbons (Fsp3) is 0.250. The molecule has 2 atom stereocenters. The maximum absolute atomic E-state index is 5.17. The summed E-state index contributed by atoms with van der Waals surface area (Å²) in [6, 6.07) is 36.9. The Morgan fingerprint density at radius 1 is 0.518 bits per heavy atom. The molecule has 0 unspecified atom stereocenters. The van der Waals surface area contributed by atoms with Gasteiger partial charge in [-0.3, -0.25) is 19.8 Å². The first-order chi connectivity index (χ1) is 27.5. The highest BCUT2D eigenvalue weighted by Crippen LogP contribution is 2.36. The molecule has 0 bridgehead atoms. The second-order valence-corrected chi connectivity index (χ2v) is 17.3. The monoisotopic (exact) mass is 768 g/mol. The lowest BCUT2D eigenvalue weighted by Gasteiger charge is -2.28. The van der Waals surface area contributed by atoms with Crippen LogP contribution < -0.4 is 0 Å². The van der Waals surface area contributed by atoms with Gasteiger partial charge in [0.2, 0.25) is 0 Å². The Kier molecular flexibility index (Phi) is 9.51. The van der Waals surface area contributed by atoms with E-state index in [0.717, 1.165) is 73.6 Å². The highest BCUT2D eigenvalue weighted by molar-refractivity contribution is 7.21. The minimum Gasteiger partial charge on any atom is -0.296 e. The van der Waals surface area contributed by atoms with Gasteiger partial charge in [-0.15, -0.1) is 22.7 Å². The molecular formula is C48H44N6S2. The number of pyridine rings is 2. The zero-order valence-corrected chi connectivity index (χ0v) is 33.5. The molecule has 2 aliphatic heterocycles. The Balaban J connectivity index is 0.831. The molecule has 6 nitrogen and oxygen atoms in total. The SMILES string of the molecule is C[C@H](c1ccc2sc(-c3cc(-c4ccc5c(c4)CCN([C@@H](C)c4ccc6scnc6c4)CC5)ccn3)nc2c1)N1CCc2ccc(-c3ccncc3)cc2CC1. The lowest BCUT2D eigenvalue weighted by Crippen LogP contribution is -2.29. The van der Waals surface area contributed by atoms with Gasteiger partial charge >= 0.3 is 0 Å². The molecule has 10 rings (SSSR count). The van der Waals surface area contributed by atoms with E-state index in [0.29, 0.717) is 12.1 Å². The number of thiazole rings is 2. The van der Waals surface area contributed by atoms with Crippen molar-refractivity contribution in [3.05, 3.63) is 155 Å². The number of aromatic nitrogens is 4. The van der Waals surface area contributed by atoms with E-state index in [4.69, 9.17) is 9.97 Å². The van der Waals surface area contributed by atoms with Gasteiger partial charge < -0.3 is 0 Å². The van der Waals surface area contributed by atoms with Gasteiger partial charge in [-0.2, -0.15) is 0 Å². The fourth-order valence-corrected chi connectivity index (χ4v) is 10.3. The predicted octanol–water partition coefficient (Wildman–Crippen LogP) is 11.0. The molecule has 0 saturated heterocycles. The Labute approximate surface area is 336 Å². The molecule has 6 heterocycles. The van der Waals surface area contributed by atoms with Gasteiger partial charge in [-0.1, -0.05) is 48.5 Å². The van der Waals surface area contributed by atoms with Crippen LogP contribution >= 0.6 is 22.7 Å². The van der Waals surface area contributed by atoms with Crippen molar-refractivity contribution >= 4 is 43.1 Å². The van der Waals surface area contributed by atoms with Crippen LogP contribution in [0.4, 0.5) is 0 Å². The molecule has 0 saturated carbocycles. The van der Waals surface area contributed by atoms with Crippen LogP contribution in [0.2, 0.25) is 0 Å². The molecular weight excluding hydrogens is 725 g/mol. The maximum Gasteiger partial charge on any atom is 0.143 e. The number of nitrogens with zero attached hydrogens (tertiary/aromatic N) is 6. The van der Waals surface area contributed by atoms with Crippen LogP contribution in [0.15, 0.2) is 121 Å². The van der Waals surface area contributed by atoms with Crippen molar-refractivity contribution in [3.8, 4) is 33.0 Å². The van der Waals surface area contributed by atoms with E-state index >= 15 is 0 Å². The number of fused-ring (bicyclic) bond motifs is 4. The lowest BCUT2D eigenvalue weighted by molar-refractivity contribution is 0.221. The number of hydrogen-bond donors (Lipinski definition) is 0. The molecule has 0 radical (unpaired) electrons. The Hall–Kier alpha value is -5.12. The normalized spacial score (nSPS) is 16.2. The summed E-state index contributed by atoms with van der Waals surface area (Å²) < 4.78 is 2.45. The molecule has 2 aliphatic rings. The topological polar surface area (TPSA) is 58.0 Å². The van der Waals surface area contributed by atoms with Crippen LogP contribution in [-0.2, 0) is 25.7 Å². The number of hydrogen-bond acceptors (Lipinski definition) is 8. The summed E-state index contributed by atoms with van der Waals surface area (Å²) in [5.41, 5.74) is 18.5. The van der Waals surface area contributed by atoms with Crippen molar-refractivity contribution in [3.63, 3.8) is 0 Å². The summed E-state index contributed by atoms with van der Waals surface area (Å²) in [5.74, 6) is 0. The largest absolute Gasteiger partial charge is 0.296 e. The second kappa shape index (κ2) is 15.1. The first-order valence-electron chi connectivity index (χ1n) is 19.8. The molecule has 8 heteroatoms. The quantitative estimate of drug-likeness (QED) is 0.161. The molecule has 0 N–H and O–H groups in total. The third-order valence-electron chi connectivity index (χ3n) is 12.2. The van der Waals surface area contributed by atoms with Crippen LogP contribution in [-0.4, -0.2) is 55.9 Å². The third kappa shape index (κ3) is 6.96. The minimum atomic E-state index is 0.302. The number of rotatable bonds is 7. The summed E-state index contributed by atoms with van der Waals surface area (Å²) in [7, 11) is 0. The van der Waals surface area contributed by atoms with E-state index in [-0.39, 0.29) is 0 Å². The zero-order chi connectivity index (χ0) is 37.6. The van der Waals surface area contributed by atoms with Crippen LogP contribution in [0.5, 0.6) is 0 Å². The standard InChI is InChI=1S/C48H44N6S2/c1-31(36-7-9-46-43(27-36)51-30-55-46)53-21-15-34-4-6-39(26-42(34)17-24-53)40-13-20-50-45(29-40)48-52-44-28-37(8-10-47(44)56-48)32(2)54-22-14-33-3-5-38(25-41(33)16-23-54)35-11-18-49-19-12-35/h3-13,18-20,25-32H,14-17,21-24H2,1-2H3/t31-,32+/m0/s1. The second-order valence-electron chi connectivity index (χ2n) is 15.4. The molecule has 8 aromatic rings. The molecule has 0 fully saturated rings. The van der Waals surface area contributed by atoms with Crippen LogP contribution in [0.25, 0.3) is 53.4 Å². The third-order valence-corrected chi connectivity index (χ3v) is 14.1. The van der Waals surface area contributed by atoms with E-state index in [9.17, 15) is 0 Å². The van der Waals surface area contributed by atoms with Crippen molar-refractivity contribution in [2.75, 3.05) is 26.2 Å². The van der Waals surface area contributed by atoms with Gasteiger partial charge in [0.25, 0.3) is 0 Å². The summed E-state index contributed by atoms with van der Waals surface area (Å²) in [5, 5.41) is 0.970. The van der Waals surface area contributed by atoms with E-state index < -0.39 is 0 Å². The summed E-state index contributed by atoms with van der Waals surface area (Å²) in [6.07, 6.45) is 9.91.